The first kappa shape index (κ1) is 21.7. The van der Waals surface area contributed by atoms with E-state index in [1.165, 1.54) is 24.3 Å². The Morgan fingerprint density at radius 1 is 0.576 bits per heavy atom. The highest BCUT2D eigenvalue weighted by Gasteiger charge is 2.17. The van der Waals surface area contributed by atoms with Gasteiger partial charge in [-0.2, -0.15) is 0 Å². The van der Waals surface area contributed by atoms with E-state index in [2.05, 4.69) is 0 Å². The number of nitro groups is 2. The molecule has 0 aliphatic heterocycles. The molecular weight excluding hydrogens is 420 g/mol. The Kier molecular flexibility index (Phi) is 6.40. The summed E-state index contributed by atoms with van der Waals surface area (Å²) in [6.45, 7) is 0. The Hall–Kier alpha value is -4.52. The third kappa shape index (κ3) is 5.40. The third-order valence-corrected chi connectivity index (χ3v) is 5.20. The Labute approximate surface area is 190 Å². The standard InChI is InChI=1S/C26H20N2O5/c29-27(30)23-11-13-25(21(17-23)15-19-7-3-1-4-8-19)33-26-14-12-24(28(31)32)18-22(26)16-20-9-5-2-6-10-20/h1-14,17-18H,15-16H2. The first-order valence-corrected chi connectivity index (χ1v) is 10.3. The van der Waals surface area contributed by atoms with E-state index in [4.69, 9.17) is 4.74 Å². The van der Waals surface area contributed by atoms with E-state index >= 15 is 0 Å². The van der Waals surface area contributed by atoms with Gasteiger partial charge in [0.05, 0.1) is 9.85 Å². The van der Waals surface area contributed by atoms with Crippen LogP contribution in [0, 0.1) is 20.2 Å². The summed E-state index contributed by atoms with van der Waals surface area (Å²) >= 11 is 0. The monoisotopic (exact) mass is 440 g/mol. The number of ether oxygens (including phenoxy) is 1. The number of rotatable bonds is 8. The lowest BCUT2D eigenvalue weighted by atomic mass is 10.0. The van der Waals surface area contributed by atoms with Crippen molar-refractivity contribution in [2.75, 3.05) is 0 Å². The summed E-state index contributed by atoms with van der Waals surface area (Å²) in [5.74, 6) is 0.931. The first-order chi connectivity index (χ1) is 16.0. The van der Waals surface area contributed by atoms with Crippen LogP contribution in [-0.2, 0) is 12.8 Å². The van der Waals surface area contributed by atoms with Crippen molar-refractivity contribution >= 4 is 11.4 Å². The maximum Gasteiger partial charge on any atom is 0.269 e. The quantitative estimate of drug-likeness (QED) is 0.231. The lowest BCUT2D eigenvalue weighted by molar-refractivity contribution is -0.385. The molecule has 0 atom stereocenters. The highest BCUT2D eigenvalue weighted by molar-refractivity contribution is 5.51. The van der Waals surface area contributed by atoms with Crippen LogP contribution >= 0.6 is 0 Å². The van der Waals surface area contributed by atoms with Crippen LogP contribution < -0.4 is 4.74 Å². The SMILES string of the molecule is O=[N+]([O-])c1ccc(Oc2ccc([N+](=O)[O-])cc2Cc2ccccc2)c(Cc2ccccc2)c1. The van der Waals surface area contributed by atoms with Crippen LogP contribution in [0.25, 0.3) is 0 Å². The average Bonchev–Trinajstić information content (AvgIpc) is 2.82. The molecule has 0 aliphatic rings. The van der Waals surface area contributed by atoms with Crippen LogP contribution in [0.4, 0.5) is 11.4 Å². The zero-order valence-corrected chi connectivity index (χ0v) is 17.6. The number of benzene rings is 4. The molecule has 0 aromatic heterocycles. The smallest absolute Gasteiger partial charge is 0.269 e. The minimum absolute atomic E-state index is 0.0264. The molecule has 0 spiro atoms. The fourth-order valence-electron chi connectivity index (χ4n) is 3.58. The van der Waals surface area contributed by atoms with Gasteiger partial charge in [0.15, 0.2) is 0 Å². The molecule has 0 heterocycles. The summed E-state index contributed by atoms with van der Waals surface area (Å²) in [6.07, 6.45) is 0.887. The van der Waals surface area contributed by atoms with Crippen LogP contribution in [-0.4, -0.2) is 9.85 Å². The van der Waals surface area contributed by atoms with E-state index in [1.54, 1.807) is 12.1 Å². The molecule has 4 rings (SSSR count). The fourth-order valence-corrected chi connectivity index (χ4v) is 3.58. The fraction of sp³-hybridized carbons (Fsp3) is 0.0769. The second kappa shape index (κ2) is 9.74. The largest absolute Gasteiger partial charge is 0.457 e. The molecule has 0 unspecified atom stereocenters. The lowest BCUT2D eigenvalue weighted by Gasteiger charge is -2.15. The van der Waals surface area contributed by atoms with Gasteiger partial charge in [0.25, 0.3) is 11.4 Å². The minimum atomic E-state index is -0.440. The van der Waals surface area contributed by atoms with E-state index in [0.717, 1.165) is 11.1 Å². The van der Waals surface area contributed by atoms with Crippen molar-refractivity contribution in [3.05, 3.63) is 140 Å². The maximum absolute atomic E-state index is 11.3. The van der Waals surface area contributed by atoms with Crippen molar-refractivity contribution < 1.29 is 14.6 Å². The molecule has 0 aliphatic carbocycles. The number of hydrogen-bond donors (Lipinski definition) is 0. The summed E-state index contributed by atoms with van der Waals surface area (Å²) in [7, 11) is 0. The van der Waals surface area contributed by atoms with E-state index in [1.807, 2.05) is 60.7 Å². The predicted molar refractivity (Wildman–Crippen MR) is 125 cm³/mol. The molecule has 0 saturated carbocycles. The summed E-state index contributed by atoms with van der Waals surface area (Å²) < 4.78 is 6.21. The van der Waals surface area contributed by atoms with Crippen LogP contribution in [0.2, 0.25) is 0 Å². The van der Waals surface area contributed by atoms with Gasteiger partial charge in [-0.15, -0.1) is 0 Å². The molecule has 0 fully saturated rings. The van der Waals surface area contributed by atoms with Gasteiger partial charge in [0, 0.05) is 48.2 Å². The van der Waals surface area contributed by atoms with Crippen LogP contribution in [0.3, 0.4) is 0 Å². The molecule has 0 bridgehead atoms. The van der Waals surface area contributed by atoms with Gasteiger partial charge >= 0.3 is 0 Å². The molecule has 33 heavy (non-hydrogen) atoms. The van der Waals surface area contributed by atoms with Crippen molar-refractivity contribution in [2.45, 2.75) is 12.8 Å². The summed E-state index contributed by atoms with van der Waals surface area (Å²) in [5, 5.41) is 22.7. The zero-order valence-electron chi connectivity index (χ0n) is 17.6. The number of nitro benzene ring substituents is 2. The van der Waals surface area contributed by atoms with Crippen molar-refractivity contribution in [1.29, 1.82) is 0 Å². The van der Waals surface area contributed by atoms with Crippen LogP contribution in [0.15, 0.2) is 97.1 Å². The van der Waals surface area contributed by atoms with Crippen molar-refractivity contribution in [3.63, 3.8) is 0 Å². The van der Waals surface area contributed by atoms with Crippen molar-refractivity contribution in [2.24, 2.45) is 0 Å². The van der Waals surface area contributed by atoms with Crippen molar-refractivity contribution in [3.8, 4) is 11.5 Å². The Balaban J connectivity index is 1.73. The van der Waals surface area contributed by atoms with Crippen molar-refractivity contribution in [1.82, 2.24) is 0 Å². The first-order valence-electron chi connectivity index (χ1n) is 10.3. The average molecular weight is 440 g/mol. The van der Waals surface area contributed by atoms with Gasteiger partial charge in [-0.1, -0.05) is 60.7 Å². The molecule has 7 heteroatoms. The summed E-state index contributed by atoms with van der Waals surface area (Å²) in [4.78, 5) is 21.8. The molecule has 164 valence electrons. The molecule has 4 aromatic carbocycles. The third-order valence-electron chi connectivity index (χ3n) is 5.20. The lowest BCUT2D eigenvalue weighted by Crippen LogP contribution is -2.00. The molecule has 7 nitrogen and oxygen atoms in total. The highest BCUT2D eigenvalue weighted by Crippen LogP contribution is 2.34. The predicted octanol–water partition coefficient (Wildman–Crippen LogP) is 6.48. The summed E-state index contributed by atoms with van der Waals surface area (Å²) in [6, 6.07) is 28.1. The summed E-state index contributed by atoms with van der Waals surface area (Å²) in [5.41, 5.74) is 3.22. The molecule has 0 N–H and O–H groups in total. The molecule has 4 aromatic rings. The van der Waals surface area contributed by atoms with Gasteiger partial charge in [-0.3, -0.25) is 20.2 Å². The van der Waals surface area contributed by atoms with Gasteiger partial charge in [-0.05, 0) is 23.3 Å². The van der Waals surface area contributed by atoms with E-state index < -0.39 is 9.85 Å². The topological polar surface area (TPSA) is 95.5 Å². The number of nitrogens with zero attached hydrogens (tertiary/aromatic N) is 2. The van der Waals surface area contributed by atoms with Gasteiger partial charge in [0.2, 0.25) is 0 Å². The van der Waals surface area contributed by atoms with Crippen LogP contribution in [0.1, 0.15) is 22.3 Å². The highest BCUT2D eigenvalue weighted by atomic mass is 16.6. The Bertz CT molecular complexity index is 1190. The molecule has 0 amide bonds. The maximum atomic E-state index is 11.3. The van der Waals surface area contributed by atoms with E-state index in [9.17, 15) is 20.2 Å². The second-order valence-electron chi connectivity index (χ2n) is 7.53. The van der Waals surface area contributed by atoms with Crippen LogP contribution in [0.5, 0.6) is 11.5 Å². The van der Waals surface area contributed by atoms with Gasteiger partial charge < -0.3 is 4.74 Å². The normalized spacial score (nSPS) is 10.5. The van der Waals surface area contributed by atoms with E-state index in [0.29, 0.717) is 35.5 Å². The Morgan fingerprint density at radius 3 is 1.33 bits per heavy atom. The molecule has 0 radical (unpaired) electrons. The molecular formula is C26H20N2O5. The van der Waals surface area contributed by atoms with Gasteiger partial charge in [-0.25, -0.2) is 0 Å². The van der Waals surface area contributed by atoms with Gasteiger partial charge in [0.1, 0.15) is 11.5 Å². The Morgan fingerprint density at radius 2 is 0.970 bits per heavy atom. The zero-order chi connectivity index (χ0) is 23.2. The minimum Gasteiger partial charge on any atom is -0.457 e. The number of hydrogen-bond acceptors (Lipinski definition) is 5. The second-order valence-corrected chi connectivity index (χ2v) is 7.53. The van der Waals surface area contributed by atoms with E-state index in [-0.39, 0.29) is 11.4 Å². The number of non-ortho nitro benzene ring substituents is 2. The molecule has 0 saturated heterocycles.